The first-order valence-corrected chi connectivity index (χ1v) is 13.9. The number of amidine groups is 1. The Morgan fingerprint density at radius 3 is 2.42 bits per heavy atom. The third-order valence-corrected chi connectivity index (χ3v) is 7.47. The largest absolute Gasteiger partial charge is 0.507 e. The van der Waals surface area contributed by atoms with Gasteiger partial charge in [0.05, 0.1) is 16.3 Å². The number of nitrogen functional groups attached to an aromatic ring is 1. The number of carbonyl (C=O) groups is 1. The van der Waals surface area contributed by atoms with Gasteiger partial charge in [-0.05, 0) is 65.6 Å². The summed E-state index contributed by atoms with van der Waals surface area (Å²) >= 11 is 0. The molecule has 0 aliphatic rings. The lowest BCUT2D eigenvalue weighted by atomic mass is 10.0. The molecule has 0 fully saturated rings. The summed E-state index contributed by atoms with van der Waals surface area (Å²) in [5, 5.41) is 21.2. The Bertz CT molecular complexity index is 1690. The highest BCUT2D eigenvalue weighted by Gasteiger charge is 2.20. The normalized spacial score (nSPS) is 11.3. The first-order valence-electron chi connectivity index (χ1n) is 12.4. The van der Waals surface area contributed by atoms with E-state index in [1.54, 1.807) is 49.5 Å². The monoisotopic (exact) mass is 555 g/mol. The first-order chi connectivity index (χ1) is 19.2. The molecule has 0 aromatic heterocycles. The van der Waals surface area contributed by atoms with Crippen LogP contribution in [0.1, 0.15) is 23.1 Å². The van der Waals surface area contributed by atoms with Crippen molar-refractivity contribution < 1.29 is 18.3 Å². The van der Waals surface area contributed by atoms with Gasteiger partial charge >= 0.3 is 0 Å². The first kappa shape index (κ1) is 28.1. The molecule has 0 aliphatic carbocycles. The maximum atomic E-state index is 13.3. The van der Waals surface area contributed by atoms with E-state index in [4.69, 9.17) is 11.1 Å². The molecule has 4 aromatic rings. The molecule has 0 saturated carbocycles. The zero-order chi connectivity index (χ0) is 28.7. The minimum atomic E-state index is -4.24. The SMILES string of the molecule is CNc1ccc(C(=N)N)cc1N=Cc1cc(-c2ccccc2O)cc(S(=O)(=O)NC(=O)CCc2ccccc2)c1. The molecule has 4 rings (SSSR count). The molecule has 0 heterocycles. The minimum absolute atomic E-state index is 0.00396. The fourth-order valence-corrected chi connectivity index (χ4v) is 5.14. The maximum Gasteiger partial charge on any atom is 0.264 e. The van der Waals surface area contributed by atoms with E-state index in [2.05, 4.69) is 15.0 Å². The van der Waals surface area contributed by atoms with Crippen molar-refractivity contribution in [3.05, 3.63) is 108 Å². The molecule has 0 bridgehead atoms. The van der Waals surface area contributed by atoms with Crippen molar-refractivity contribution in [1.82, 2.24) is 4.72 Å². The van der Waals surface area contributed by atoms with E-state index < -0.39 is 15.9 Å². The zero-order valence-electron chi connectivity index (χ0n) is 21.8. The van der Waals surface area contributed by atoms with Gasteiger partial charge in [-0.3, -0.25) is 15.2 Å². The van der Waals surface area contributed by atoms with Crippen molar-refractivity contribution in [1.29, 1.82) is 5.41 Å². The second kappa shape index (κ2) is 12.3. The van der Waals surface area contributed by atoms with Crippen LogP contribution >= 0.6 is 0 Å². The second-order valence-electron chi connectivity index (χ2n) is 8.98. The number of anilines is 1. The lowest BCUT2D eigenvalue weighted by Gasteiger charge is -2.12. The van der Waals surface area contributed by atoms with Crippen molar-refractivity contribution >= 4 is 39.4 Å². The van der Waals surface area contributed by atoms with Gasteiger partial charge in [-0.2, -0.15) is 0 Å². The van der Waals surface area contributed by atoms with Gasteiger partial charge in [-0.15, -0.1) is 0 Å². The number of nitrogens with zero attached hydrogens (tertiary/aromatic N) is 1. The summed E-state index contributed by atoms with van der Waals surface area (Å²) in [7, 11) is -2.52. The maximum absolute atomic E-state index is 13.3. The number of nitrogens with two attached hydrogens (primary N) is 1. The minimum Gasteiger partial charge on any atom is -0.507 e. The van der Waals surface area contributed by atoms with Crippen molar-refractivity contribution in [3.63, 3.8) is 0 Å². The molecule has 0 radical (unpaired) electrons. The number of benzene rings is 4. The van der Waals surface area contributed by atoms with Crippen LogP contribution in [0.3, 0.4) is 0 Å². The van der Waals surface area contributed by atoms with Gasteiger partial charge in [0, 0.05) is 30.8 Å². The van der Waals surface area contributed by atoms with E-state index in [0.717, 1.165) is 5.56 Å². The molecule has 4 aromatic carbocycles. The van der Waals surface area contributed by atoms with Crippen LogP contribution in [0.4, 0.5) is 11.4 Å². The van der Waals surface area contributed by atoms with Gasteiger partial charge in [0.25, 0.3) is 10.0 Å². The van der Waals surface area contributed by atoms with E-state index in [1.807, 2.05) is 30.3 Å². The van der Waals surface area contributed by atoms with Crippen LogP contribution in [0.5, 0.6) is 5.75 Å². The van der Waals surface area contributed by atoms with Crippen molar-refractivity contribution in [2.24, 2.45) is 10.7 Å². The lowest BCUT2D eigenvalue weighted by molar-refractivity contribution is -0.119. The number of aryl methyl sites for hydroxylation is 1. The molecule has 10 heteroatoms. The molecule has 6 N–H and O–H groups in total. The van der Waals surface area contributed by atoms with Gasteiger partial charge in [0.15, 0.2) is 0 Å². The standard InChI is InChI=1S/C30H29N5O4S/c1-33-26-13-12-22(30(31)32)18-27(26)34-19-21-15-23(25-9-5-6-10-28(25)36)17-24(16-21)40(38,39)35-29(37)14-11-20-7-3-2-4-8-20/h2-10,12-13,15-19,33,36H,11,14H2,1H3,(H3,31,32)(H,35,37). The van der Waals surface area contributed by atoms with Gasteiger partial charge in [0.2, 0.25) is 5.91 Å². The summed E-state index contributed by atoms with van der Waals surface area (Å²) in [4.78, 5) is 16.9. The number of hydrogen-bond donors (Lipinski definition) is 5. The number of hydrogen-bond acceptors (Lipinski definition) is 7. The Kier molecular flexibility index (Phi) is 8.60. The molecular formula is C30H29N5O4S. The van der Waals surface area contributed by atoms with Gasteiger partial charge in [-0.25, -0.2) is 13.1 Å². The highest BCUT2D eigenvalue weighted by atomic mass is 32.2. The Hall–Kier alpha value is -4.96. The second-order valence-corrected chi connectivity index (χ2v) is 10.7. The van der Waals surface area contributed by atoms with Crippen LogP contribution in [0.25, 0.3) is 11.1 Å². The Labute approximate surface area is 233 Å². The van der Waals surface area contributed by atoms with E-state index in [9.17, 15) is 18.3 Å². The van der Waals surface area contributed by atoms with E-state index >= 15 is 0 Å². The summed E-state index contributed by atoms with van der Waals surface area (Å²) in [5.41, 5.74) is 9.44. The summed E-state index contributed by atoms with van der Waals surface area (Å²) in [6.07, 6.45) is 1.86. The molecule has 40 heavy (non-hydrogen) atoms. The average Bonchev–Trinajstić information content (AvgIpc) is 2.95. The van der Waals surface area contributed by atoms with E-state index in [0.29, 0.717) is 40.0 Å². The van der Waals surface area contributed by atoms with Crippen molar-refractivity contribution in [2.75, 3.05) is 12.4 Å². The number of para-hydroxylation sites is 1. The predicted octanol–water partition coefficient (Wildman–Crippen LogP) is 4.57. The van der Waals surface area contributed by atoms with Gasteiger partial charge < -0.3 is 16.2 Å². The fourth-order valence-electron chi connectivity index (χ4n) is 4.05. The number of rotatable bonds is 10. The summed E-state index contributed by atoms with van der Waals surface area (Å²) in [5.74, 6) is -0.776. The van der Waals surface area contributed by atoms with E-state index in [1.165, 1.54) is 24.4 Å². The number of phenols is 1. The summed E-state index contributed by atoms with van der Waals surface area (Å²) in [6.45, 7) is 0. The molecule has 0 unspecified atom stereocenters. The number of aliphatic imine (C=N–C) groups is 1. The van der Waals surface area contributed by atoms with Crippen LogP contribution in [-0.2, 0) is 21.2 Å². The summed E-state index contributed by atoms with van der Waals surface area (Å²) < 4.78 is 28.7. The number of sulfonamides is 1. The Morgan fingerprint density at radius 1 is 1.00 bits per heavy atom. The molecule has 204 valence electrons. The number of carbonyl (C=O) groups excluding carboxylic acids is 1. The highest BCUT2D eigenvalue weighted by Crippen LogP contribution is 2.32. The molecular weight excluding hydrogens is 526 g/mol. The van der Waals surface area contributed by atoms with Crippen molar-refractivity contribution in [3.8, 4) is 16.9 Å². The molecule has 0 atom stereocenters. The van der Waals surface area contributed by atoms with Gasteiger partial charge in [-0.1, -0.05) is 48.5 Å². The highest BCUT2D eigenvalue weighted by molar-refractivity contribution is 7.90. The molecule has 0 aliphatic heterocycles. The molecule has 9 nitrogen and oxygen atoms in total. The quantitative estimate of drug-likeness (QED) is 0.142. The third kappa shape index (κ3) is 6.91. The van der Waals surface area contributed by atoms with Crippen LogP contribution in [0.2, 0.25) is 0 Å². The number of phenolic OH excluding ortho intramolecular Hbond substituents is 1. The number of aromatic hydroxyl groups is 1. The third-order valence-electron chi connectivity index (χ3n) is 6.12. The number of amides is 1. The molecule has 0 saturated heterocycles. The van der Waals surface area contributed by atoms with Crippen LogP contribution in [-0.4, -0.2) is 38.5 Å². The van der Waals surface area contributed by atoms with Gasteiger partial charge in [0.1, 0.15) is 11.6 Å². The van der Waals surface area contributed by atoms with Crippen LogP contribution in [0.15, 0.2) is 101 Å². The van der Waals surface area contributed by atoms with Crippen LogP contribution < -0.4 is 15.8 Å². The van der Waals surface area contributed by atoms with Crippen LogP contribution in [0, 0.1) is 5.41 Å². The Balaban J connectivity index is 1.70. The van der Waals surface area contributed by atoms with E-state index in [-0.39, 0.29) is 22.9 Å². The molecule has 0 spiro atoms. The number of nitrogens with one attached hydrogen (secondary N) is 3. The lowest BCUT2D eigenvalue weighted by Crippen LogP contribution is -2.30. The average molecular weight is 556 g/mol. The Morgan fingerprint density at radius 2 is 1.73 bits per heavy atom. The zero-order valence-corrected chi connectivity index (χ0v) is 22.6. The fraction of sp³-hybridized carbons (Fsp3) is 0.100. The van der Waals surface area contributed by atoms with Crippen molar-refractivity contribution in [2.45, 2.75) is 17.7 Å². The summed E-state index contributed by atoms with van der Waals surface area (Å²) in [6, 6.07) is 25.4. The smallest absolute Gasteiger partial charge is 0.264 e. The topological polar surface area (TPSA) is 158 Å². The predicted molar refractivity (Wildman–Crippen MR) is 158 cm³/mol. The molecule has 1 amide bonds.